The highest BCUT2D eigenvalue weighted by Gasteiger charge is 2.44. The Bertz CT molecular complexity index is 1250. The Balaban J connectivity index is 1.08. The highest BCUT2D eigenvalue weighted by Crippen LogP contribution is 2.33. The lowest BCUT2D eigenvalue weighted by Crippen LogP contribution is -2.35. The summed E-state index contributed by atoms with van der Waals surface area (Å²) in [5, 5.41) is 28.1. The Morgan fingerprint density at radius 2 is 1.90 bits per heavy atom. The molecule has 0 amide bonds. The molecule has 222 valence electrons. The molecular formula is C29H42N8O3S. The number of rotatable bonds is 13. The number of guanidine groups is 1. The van der Waals surface area contributed by atoms with E-state index in [1.165, 1.54) is 44.0 Å². The van der Waals surface area contributed by atoms with Crippen LogP contribution >= 0.6 is 11.8 Å². The van der Waals surface area contributed by atoms with E-state index in [9.17, 15) is 10.2 Å². The number of thioether (sulfide) groups is 1. The van der Waals surface area contributed by atoms with E-state index in [4.69, 9.17) is 10.5 Å². The Labute approximate surface area is 245 Å². The van der Waals surface area contributed by atoms with Gasteiger partial charge in [0.1, 0.15) is 18.5 Å². The fourth-order valence-electron chi connectivity index (χ4n) is 5.51. The molecule has 0 bridgehead atoms. The zero-order chi connectivity index (χ0) is 28.4. The van der Waals surface area contributed by atoms with Gasteiger partial charge in [0.25, 0.3) is 0 Å². The summed E-state index contributed by atoms with van der Waals surface area (Å²) < 4.78 is 7.79. The lowest BCUT2D eigenvalue weighted by Gasteiger charge is -2.19. The smallest absolute Gasteiger partial charge is 0.188 e. The molecule has 1 aliphatic carbocycles. The standard InChI is InChI=1S/C29H42N8O3S/c30-29(33-16-21-10-5-2-6-11-21)32-14-15-41-17-22-24(38)25(39)28(40-22)37-19-36-23-26(34-18-35-27(23)37)31-13-7-12-20-8-3-1-4-9-20/h1,3-4,8-9,18-19,21-22,24-25,28,38-39H,2,5-7,10-17H2,(H3,30,32,33)(H,31,34,35)/t22-,24-,25-,28-/m1/s1. The van der Waals surface area contributed by atoms with Gasteiger partial charge < -0.3 is 31.3 Å². The highest BCUT2D eigenvalue weighted by atomic mass is 32.2. The van der Waals surface area contributed by atoms with Crippen molar-refractivity contribution >= 4 is 34.7 Å². The van der Waals surface area contributed by atoms with E-state index in [1.54, 1.807) is 22.7 Å². The number of aliphatic imine (C=N–C) groups is 1. The summed E-state index contributed by atoms with van der Waals surface area (Å²) in [4.78, 5) is 17.8. The molecule has 1 aromatic carbocycles. The third-order valence-corrected chi connectivity index (χ3v) is 8.88. The minimum Gasteiger partial charge on any atom is -0.387 e. The van der Waals surface area contributed by atoms with Crippen LogP contribution in [0.2, 0.25) is 0 Å². The molecule has 2 fully saturated rings. The van der Waals surface area contributed by atoms with Crippen LogP contribution in [0.4, 0.5) is 5.82 Å². The molecule has 2 aliphatic rings. The highest BCUT2D eigenvalue weighted by molar-refractivity contribution is 7.99. The molecular weight excluding hydrogens is 540 g/mol. The van der Waals surface area contributed by atoms with Crippen molar-refractivity contribution < 1.29 is 14.9 Å². The summed E-state index contributed by atoms with van der Waals surface area (Å²) in [6.45, 7) is 2.21. The number of aromatic nitrogens is 4. The third-order valence-electron chi connectivity index (χ3n) is 7.83. The van der Waals surface area contributed by atoms with Gasteiger partial charge in [0.05, 0.1) is 12.4 Å². The minimum absolute atomic E-state index is 0.489. The number of fused-ring (bicyclic) bond motifs is 1. The number of aliphatic hydroxyl groups is 2. The number of anilines is 1. The lowest BCUT2D eigenvalue weighted by molar-refractivity contribution is -0.0289. The van der Waals surface area contributed by atoms with Gasteiger partial charge in [-0.25, -0.2) is 15.0 Å². The van der Waals surface area contributed by atoms with Crippen LogP contribution in [0.3, 0.4) is 0 Å². The first kappa shape index (κ1) is 29.6. The molecule has 6 N–H and O–H groups in total. The van der Waals surface area contributed by atoms with E-state index in [2.05, 4.69) is 42.7 Å². The number of aryl methyl sites for hydroxylation is 1. The van der Waals surface area contributed by atoms with Crippen molar-refractivity contribution in [1.82, 2.24) is 24.8 Å². The molecule has 1 saturated heterocycles. The van der Waals surface area contributed by atoms with Gasteiger partial charge in [-0.15, -0.1) is 0 Å². The molecule has 4 atom stereocenters. The van der Waals surface area contributed by atoms with E-state index >= 15 is 0 Å². The molecule has 5 rings (SSSR count). The summed E-state index contributed by atoms with van der Waals surface area (Å²) in [5.41, 5.74) is 8.47. The maximum atomic E-state index is 10.8. The fourth-order valence-corrected chi connectivity index (χ4v) is 6.43. The Hall–Kier alpha value is -2.93. The number of nitrogens with zero attached hydrogens (tertiary/aromatic N) is 5. The van der Waals surface area contributed by atoms with Gasteiger partial charge in [0, 0.05) is 31.1 Å². The predicted octanol–water partition coefficient (Wildman–Crippen LogP) is 2.71. The van der Waals surface area contributed by atoms with Crippen molar-refractivity contribution in [2.45, 2.75) is 69.5 Å². The first-order valence-electron chi connectivity index (χ1n) is 14.7. The number of benzene rings is 1. The van der Waals surface area contributed by atoms with E-state index < -0.39 is 24.5 Å². The quantitative estimate of drug-likeness (QED) is 0.115. The van der Waals surface area contributed by atoms with Crippen molar-refractivity contribution in [3.8, 4) is 0 Å². The Kier molecular flexibility index (Phi) is 10.7. The molecule has 2 aromatic heterocycles. The number of imidazole rings is 1. The number of hydrogen-bond donors (Lipinski definition) is 5. The second-order valence-electron chi connectivity index (χ2n) is 10.8. The van der Waals surface area contributed by atoms with Gasteiger partial charge in [-0.05, 0) is 37.2 Å². The number of aliphatic hydroxyl groups excluding tert-OH is 2. The van der Waals surface area contributed by atoms with Crippen molar-refractivity contribution in [3.05, 3.63) is 48.5 Å². The largest absolute Gasteiger partial charge is 0.387 e. The average Bonchev–Trinajstić information content (AvgIpc) is 3.56. The normalized spacial score (nSPS) is 23.7. The van der Waals surface area contributed by atoms with Gasteiger partial charge >= 0.3 is 0 Å². The summed E-state index contributed by atoms with van der Waals surface area (Å²) in [5.74, 6) is 3.09. The van der Waals surface area contributed by atoms with Crippen LogP contribution in [0.5, 0.6) is 0 Å². The van der Waals surface area contributed by atoms with E-state index in [0.717, 1.165) is 31.7 Å². The van der Waals surface area contributed by atoms with Crippen LogP contribution in [-0.2, 0) is 11.2 Å². The maximum Gasteiger partial charge on any atom is 0.188 e. The maximum absolute atomic E-state index is 10.8. The van der Waals surface area contributed by atoms with Gasteiger partial charge in [-0.3, -0.25) is 9.56 Å². The van der Waals surface area contributed by atoms with E-state index in [-0.39, 0.29) is 0 Å². The first-order chi connectivity index (χ1) is 20.1. The number of nitrogens with one attached hydrogen (secondary N) is 2. The Morgan fingerprint density at radius 1 is 1.07 bits per heavy atom. The molecule has 11 nitrogen and oxygen atoms in total. The summed E-state index contributed by atoms with van der Waals surface area (Å²) >= 11 is 1.63. The SMILES string of the molecule is NC(=NCC1CCCCC1)NCCSC[C@H]1O[C@@H](n2cnc3c(NCCCc4ccccc4)ncnc32)[C@H](O)[C@@H]1O. The van der Waals surface area contributed by atoms with Crippen molar-refractivity contribution in [1.29, 1.82) is 0 Å². The fraction of sp³-hybridized carbons (Fsp3) is 0.586. The van der Waals surface area contributed by atoms with Crippen LogP contribution in [0.25, 0.3) is 11.2 Å². The second-order valence-corrected chi connectivity index (χ2v) is 12.0. The zero-order valence-corrected chi connectivity index (χ0v) is 24.3. The molecule has 1 saturated carbocycles. The molecule has 3 heterocycles. The second kappa shape index (κ2) is 14.8. The van der Waals surface area contributed by atoms with Gasteiger partial charge in [0.15, 0.2) is 29.2 Å². The minimum atomic E-state index is -1.10. The monoisotopic (exact) mass is 582 g/mol. The first-order valence-corrected chi connectivity index (χ1v) is 15.8. The molecule has 0 spiro atoms. The van der Waals surface area contributed by atoms with Gasteiger partial charge in [0.2, 0.25) is 0 Å². The third kappa shape index (κ3) is 7.88. The summed E-state index contributed by atoms with van der Waals surface area (Å²) in [6, 6.07) is 10.4. The number of nitrogens with two attached hydrogens (primary N) is 1. The van der Waals surface area contributed by atoms with Gasteiger partial charge in [-0.1, -0.05) is 49.6 Å². The molecule has 0 unspecified atom stereocenters. The average molecular weight is 583 g/mol. The van der Waals surface area contributed by atoms with Crippen LogP contribution in [0.15, 0.2) is 48.0 Å². The summed E-state index contributed by atoms with van der Waals surface area (Å²) in [7, 11) is 0. The Morgan fingerprint density at radius 3 is 2.73 bits per heavy atom. The zero-order valence-electron chi connectivity index (χ0n) is 23.4. The lowest BCUT2D eigenvalue weighted by atomic mass is 9.89. The number of hydrogen-bond acceptors (Lipinski definition) is 9. The van der Waals surface area contributed by atoms with E-state index in [1.807, 2.05) is 18.2 Å². The summed E-state index contributed by atoms with van der Waals surface area (Å²) in [6.07, 6.45) is 7.98. The van der Waals surface area contributed by atoms with Crippen LogP contribution < -0.4 is 16.4 Å². The van der Waals surface area contributed by atoms with Crippen LogP contribution in [-0.4, -0.2) is 85.1 Å². The van der Waals surface area contributed by atoms with Crippen LogP contribution in [0, 0.1) is 5.92 Å². The van der Waals surface area contributed by atoms with Gasteiger partial charge in [-0.2, -0.15) is 11.8 Å². The predicted molar refractivity (Wildman–Crippen MR) is 163 cm³/mol. The van der Waals surface area contributed by atoms with Crippen molar-refractivity contribution in [2.24, 2.45) is 16.6 Å². The molecule has 41 heavy (non-hydrogen) atoms. The molecule has 3 aromatic rings. The molecule has 0 radical (unpaired) electrons. The molecule has 1 aliphatic heterocycles. The molecule has 12 heteroatoms. The van der Waals surface area contributed by atoms with Crippen LogP contribution in [0.1, 0.15) is 50.3 Å². The topological polar surface area (TPSA) is 156 Å². The van der Waals surface area contributed by atoms with Crippen molar-refractivity contribution in [3.63, 3.8) is 0 Å². The van der Waals surface area contributed by atoms with Crippen molar-refractivity contribution in [2.75, 3.05) is 36.5 Å². The number of ether oxygens (including phenoxy) is 1. The van der Waals surface area contributed by atoms with E-state index in [0.29, 0.717) is 41.2 Å².